The maximum Gasteiger partial charge on any atom is 0.338 e. The Bertz CT molecular complexity index is 1140. The third-order valence-electron chi connectivity index (χ3n) is 5.31. The molecule has 0 spiro atoms. The van der Waals surface area contributed by atoms with Crippen molar-refractivity contribution in [3.8, 4) is 11.1 Å². The molecule has 2 atom stereocenters. The molecule has 4 rings (SSSR count). The van der Waals surface area contributed by atoms with Crippen LogP contribution in [0.2, 0.25) is 0 Å². The van der Waals surface area contributed by atoms with Gasteiger partial charge in [0.05, 0.1) is 11.8 Å². The summed E-state index contributed by atoms with van der Waals surface area (Å²) in [7, 11) is 0. The highest BCUT2D eigenvalue weighted by molar-refractivity contribution is 5.90. The smallest absolute Gasteiger partial charge is 0.338 e. The van der Waals surface area contributed by atoms with E-state index in [0.29, 0.717) is 17.0 Å². The van der Waals surface area contributed by atoms with Gasteiger partial charge in [0.2, 0.25) is 6.23 Å². The van der Waals surface area contributed by atoms with E-state index in [-0.39, 0.29) is 6.61 Å². The number of carbonyl (C=O) groups excluding carboxylic acids is 2. The van der Waals surface area contributed by atoms with Crippen LogP contribution in [-0.2, 0) is 14.2 Å². The summed E-state index contributed by atoms with van der Waals surface area (Å²) in [6, 6.07) is 16.7. The zero-order chi connectivity index (χ0) is 23.4. The number of allylic oxidation sites excluding steroid dienone is 1. The van der Waals surface area contributed by atoms with Crippen LogP contribution in [0.15, 0.2) is 103 Å². The SMILES string of the molecule is C=CO[C@@H]1C=C(COC(=O)c2ccc(-c3ccccc3)cc2)O[C@H]1N1C=C(C)C(=C)NC1=O. The molecule has 1 N–H and O–H groups in total. The molecular formula is C26H24N2O5. The van der Waals surface area contributed by atoms with Gasteiger partial charge in [0.15, 0.2) is 6.10 Å². The first-order chi connectivity index (χ1) is 16.0. The van der Waals surface area contributed by atoms with Crippen molar-refractivity contribution in [3.63, 3.8) is 0 Å². The van der Waals surface area contributed by atoms with Gasteiger partial charge in [-0.15, -0.1) is 0 Å². The molecule has 0 unspecified atom stereocenters. The minimum absolute atomic E-state index is 0.0996. The fraction of sp³-hybridized carbons (Fsp3) is 0.154. The summed E-state index contributed by atoms with van der Waals surface area (Å²) in [6.45, 7) is 9.09. The van der Waals surface area contributed by atoms with Gasteiger partial charge in [0.25, 0.3) is 0 Å². The van der Waals surface area contributed by atoms with Crippen LogP contribution in [0, 0.1) is 0 Å². The lowest BCUT2D eigenvalue weighted by Crippen LogP contribution is -2.49. The fourth-order valence-corrected chi connectivity index (χ4v) is 3.52. The highest BCUT2D eigenvalue weighted by Gasteiger charge is 2.39. The summed E-state index contributed by atoms with van der Waals surface area (Å²) in [5.74, 6) is -0.101. The molecule has 0 saturated heterocycles. The Labute approximate surface area is 192 Å². The number of nitrogens with zero attached hydrogens (tertiary/aromatic N) is 1. The zero-order valence-electron chi connectivity index (χ0n) is 18.2. The molecular weight excluding hydrogens is 420 g/mol. The van der Waals surface area contributed by atoms with Gasteiger partial charge in [0, 0.05) is 18.0 Å². The first-order valence-electron chi connectivity index (χ1n) is 10.4. The van der Waals surface area contributed by atoms with E-state index in [0.717, 1.165) is 16.7 Å². The van der Waals surface area contributed by atoms with E-state index in [1.165, 1.54) is 11.2 Å². The quantitative estimate of drug-likeness (QED) is 0.494. The Hall–Kier alpha value is -4.26. The molecule has 0 bridgehead atoms. The largest absolute Gasteiger partial charge is 0.488 e. The van der Waals surface area contributed by atoms with E-state index in [4.69, 9.17) is 14.2 Å². The number of benzene rings is 2. The maximum atomic E-state index is 12.5. The highest BCUT2D eigenvalue weighted by Crippen LogP contribution is 2.27. The van der Waals surface area contributed by atoms with E-state index in [2.05, 4.69) is 18.5 Å². The molecule has 168 valence electrons. The zero-order valence-corrected chi connectivity index (χ0v) is 18.2. The van der Waals surface area contributed by atoms with Crippen LogP contribution >= 0.6 is 0 Å². The van der Waals surface area contributed by atoms with Gasteiger partial charge in [-0.1, -0.05) is 55.6 Å². The first-order valence-corrected chi connectivity index (χ1v) is 10.4. The molecule has 7 heteroatoms. The summed E-state index contributed by atoms with van der Waals surface area (Å²) >= 11 is 0. The summed E-state index contributed by atoms with van der Waals surface area (Å²) < 4.78 is 16.8. The fourth-order valence-electron chi connectivity index (χ4n) is 3.52. The number of rotatable bonds is 7. The highest BCUT2D eigenvalue weighted by atomic mass is 16.6. The topological polar surface area (TPSA) is 77.1 Å². The van der Waals surface area contributed by atoms with Crippen LogP contribution in [0.4, 0.5) is 4.79 Å². The molecule has 2 aromatic carbocycles. The number of carbonyl (C=O) groups is 2. The van der Waals surface area contributed by atoms with Gasteiger partial charge in [0.1, 0.15) is 12.4 Å². The Morgan fingerprint density at radius 1 is 1.15 bits per heavy atom. The van der Waals surface area contributed by atoms with Gasteiger partial charge >= 0.3 is 12.0 Å². The molecule has 2 aliphatic rings. The molecule has 0 fully saturated rings. The molecule has 0 saturated carbocycles. The molecule has 2 amide bonds. The average molecular weight is 444 g/mol. The van der Waals surface area contributed by atoms with Crippen LogP contribution in [0.25, 0.3) is 11.1 Å². The molecule has 7 nitrogen and oxygen atoms in total. The number of nitrogens with one attached hydrogen (secondary N) is 1. The van der Waals surface area contributed by atoms with Crippen molar-refractivity contribution in [2.45, 2.75) is 19.3 Å². The third-order valence-corrected chi connectivity index (χ3v) is 5.31. The lowest BCUT2D eigenvalue weighted by atomic mass is 10.0. The van der Waals surface area contributed by atoms with Gasteiger partial charge in [-0.05, 0) is 35.8 Å². The maximum absolute atomic E-state index is 12.5. The summed E-state index contributed by atoms with van der Waals surface area (Å²) in [4.78, 5) is 26.3. The first kappa shape index (κ1) is 22.0. The van der Waals surface area contributed by atoms with Gasteiger partial charge < -0.3 is 19.5 Å². The van der Waals surface area contributed by atoms with Crippen LogP contribution in [0.1, 0.15) is 17.3 Å². The molecule has 2 aromatic rings. The van der Waals surface area contributed by atoms with E-state index in [9.17, 15) is 9.59 Å². The van der Waals surface area contributed by atoms with Crippen LogP contribution in [-0.4, -0.2) is 35.8 Å². The Balaban J connectivity index is 1.40. The van der Waals surface area contributed by atoms with Crippen LogP contribution in [0.5, 0.6) is 0 Å². The minimum atomic E-state index is -0.773. The number of hydrogen-bond acceptors (Lipinski definition) is 5. The lowest BCUT2D eigenvalue weighted by molar-refractivity contribution is -0.0341. The third kappa shape index (κ3) is 4.82. The van der Waals surface area contributed by atoms with Crippen molar-refractivity contribution in [1.82, 2.24) is 10.2 Å². The van der Waals surface area contributed by atoms with Gasteiger partial charge in [-0.3, -0.25) is 4.90 Å². The predicted molar refractivity (Wildman–Crippen MR) is 123 cm³/mol. The molecule has 2 aliphatic heterocycles. The number of esters is 1. The number of ether oxygens (including phenoxy) is 3. The van der Waals surface area contributed by atoms with Crippen molar-refractivity contribution in [2.75, 3.05) is 6.61 Å². The number of amides is 2. The van der Waals surface area contributed by atoms with E-state index in [1.807, 2.05) is 49.4 Å². The Morgan fingerprint density at radius 3 is 2.55 bits per heavy atom. The van der Waals surface area contributed by atoms with Gasteiger partial charge in [-0.2, -0.15) is 0 Å². The standard InChI is InChI=1S/C26H24N2O5/c1-4-31-23-14-22(33-24(23)28-15-17(2)18(3)27-26(28)30)16-32-25(29)21-12-10-20(11-13-21)19-8-6-5-7-9-19/h4-15,23-24H,1,3,16H2,2H3,(H,27,30)/t23-,24-/m1/s1. The van der Waals surface area contributed by atoms with Crippen molar-refractivity contribution >= 4 is 12.0 Å². The number of hydrogen-bond donors (Lipinski definition) is 1. The normalized spacial score (nSPS) is 19.7. The van der Waals surface area contributed by atoms with Crippen molar-refractivity contribution in [3.05, 3.63) is 109 Å². The van der Waals surface area contributed by atoms with Crippen LogP contribution < -0.4 is 5.32 Å². The molecule has 0 aromatic heterocycles. The molecule has 0 aliphatic carbocycles. The van der Waals surface area contributed by atoms with Crippen molar-refractivity contribution in [1.29, 1.82) is 0 Å². The lowest BCUT2D eigenvalue weighted by Gasteiger charge is -2.32. The summed E-state index contributed by atoms with van der Waals surface area (Å²) in [5, 5.41) is 2.68. The molecule has 2 heterocycles. The Kier molecular flexibility index (Phi) is 6.31. The summed E-state index contributed by atoms with van der Waals surface area (Å²) in [6.07, 6.45) is 3.20. The number of urea groups is 1. The monoisotopic (exact) mass is 444 g/mol. The van der Waals surface area contributed by atoms with E-state index in [1.54, 1.807) is 24.4 Å². The Morgan fingerprint density at radius 2 is 1.85 bits per heavy atom. The minimum Gasteiger partial charge on any atom is -0.488 e. The second-order valence-electron chi connectivity index (χ2n) is 7.56. The molecule has 0 radical (unpaired) electrons. The van der Waals surface area contributed by atoms with E-state index >= 15 is 0 Å². The van der Waals surface area contributed by atoms with Crippen LogP contribution in [0.3, 0.4) is 0 Å². The van der Waals surface area contributed by atoms with Gasteiger partial charge in [-0.25, -0.2) is 9.59 Å². The van der Waals surface area contributed by atoms with Crippen molar-refractivity contribution < 1.29 is 23.8 Å². The second-order valence-corrected chi connectivity index (χ2v) is 7.56. The van der Waals surface area contributed by atoms with Crippen molar-refractivity contribution in [2.24, 2.45) is 0 Å². The second kappa shape index (κ2) is 9.48. The predicted octanol–water partition coefficient (Wildman–Crippen LogP) is 4.72. The van der Waals surface area contributed by atoms with E-state index < -0.39 is 24.3 Å². The summed E-state index contributed by atoms with van der Waals surface area (Å²) in [5.41, 5.74) is 3.81. The molecule has 33 heavy (non-hydrogen) atoms. The average Bonchev–Trinajstić information content (AvgIpc) is 3.23.